The Morgan fingerprint density at radius 1 is 0.958 bits per heavy atom. The molecule has 0 aliphatic rings. The van der Waals surface area contributed by atoms with Crippen LogP contribution in [0.4, 0.5) is 0 Å². The van der Waals surface area contributed by atoms with Crippen LogP contribution in [0.3, 0.4) is 0 Å². The summed E-state index contributed by atoms with van der Waals surface area (Å²) in [6, 6.07) is 12.0. The van der Waals surface area contributed by atoms with Gasteiger partial charge in [-0.25, -0.2) is 0 Å². The van der Waals surface area contributed by atoms with Crippen LogP contribution in [0.5, 0.6) is 17.2 Å². The minimum Gasteiger partial charge on any atom is -0.497 e. The van der Waals surface area contributed by atoms with Gasteiger partial charge in [0.2, 0.25) is 0 Å². The van der Waals surface area contributed by atoms with Crippen LogP contribution in [0, 0.1) is 0 Å². The summed E-state index contributed by atoms with van der Waals surface area (Å²) in [4.78, 5) is 23.5. The molecule has 0 saturated heterocycles. The Bertz CT molecular complexity index is 777. The molecular formula is C19H18O5. The van der Waals surface area contributed by atoms with E-state index in [9.17, 15) is 9.59 Å². The summed E-state index contributed by atoms with van der Waals surface area (Å²) in [6.07, 6.45) is 3.01. The maximum absolute atomic E-state index is 12.4. The third-order valence-electron chi connectivity index (χ3n) is 3.26. The molecule has 5 nitrogen and oxygen atoms in total. The molecule has 0 aliphatic heterocycles. The number of carbonyl (C=O) groups excluding carboxylic acids is 2. The Labute approximate surface area is 140 Å². The Morgan fingerprint density at radius 2 is 1.71 bits per heavy atom. The molecule has 5 heteroatoms. The molecule has 0 radical (unpaired) electrons. The fourth-order valence-electron chi connectivity index (χ4n) is 2.12. The molecule has 0 N–H and O–H groups in total. The summed E-state index contributed by atoms with van der Waals surface area (Å²) in [5.41, 5.74) is 1.05. The second-order valence-corrected chi connectivity index (χ2v) is 4.90. The van der Waals surface area contributed by atoms with Gasteiger partial charge in [0, 0.05) is 18.6 Å². The van der Waals surface area contributed by atoms with Gasteiger partial charge >= 0.3 is 5.97 Å². The van der Waals surface area contributed by atoms with Gasteiger partial charge in [0.25, 0.3) is 0 Å². The Kier molecular flexibility index (Phi) is 5.73. The van der Waals surface area contributed by atoms with Crippen molar-refractivity contribution in [3.63, 3.8) is 0 Å². The monoisotopic (exact) mass is 326 g/mol. The van der Waals surface area contributed by atoms with Crippen LogP contribution in [-0.4, -0.2) is 26.0 Å². The number of benzene rings is 2. The van der Waals surface area contributed by atoms with Gasteiger partial charge in [0.1, 0.15) is 17.2 Å². The highest BCUT2D eigenvalue weighted by Gasteiger charge is 2.11. The third kappa shape index (κ3) is 4.23. The van der Waals surface area contributed by atoms with Crippen molar-refractivity contribution in [2.24, 2.45) is 0 Å². The number of carbonyl (C=O) groups is 2. The summed E-state index contributed by atoms with van der Waals surface area (Å²) in [6.45, 7) is 1.33. The Balaban J connectivity index is 2.27. The van der Waals surface area contributed by atoms with Crippen molar-refractivity contribution in [3.8, 4) is 17.2 Å². The zero-order chi connectivity index (χ0) is 17.5. The standard InChI is InChI=1S/C19H18O5/c1-13(20)24-18-7-5-4-6-14(18)8-11-17(21)16-10-9-15(22-2)12-19(16)23-3/h4-12H,1-3H3. The molecule has 0 bridgehead atoms. The number of hydrogen-bond acceptors (Lipinski definition) is 5. The minimum absolute atomic E-state index is 0.230. The van der Waals surface area contributed by atoms with Crippen molar-refractivity contribution >= 4 is 17.8 Å². The predicted molar refractivity (Wildman–Crippen MR) is 90.7 cm³/mol. The summed E-state index contributed by atoms with van der Waals surface area (Å²) in [7, 11) is 3.04. The minimum atomic E-state index is -0.418. The van der Waals surface area contributed by atoms with Gasteiger partial charge in [-0.15, -0.1) is 0 Å². The smallest absolute Gasteiger partial charge is 0.308 e. The molecule has 2 aromatic carbocycles. The molecule has 0 unspecified atom stereocenters. The molecule has 0 spiro atoms. The molecule has 0 heterocycles. The lowest BCUT2D eigenvalue weighted by atomic mass is 10.1. The molecule has 0 aromatic heterocycles. The number of esters is 1. The molecule has 0 fully saturated rings. The lowest BCUT2D eigenvalue weighted by Crippen LogP contribution is -2.03. The number of rotatable bonds is 6. The van der Waals surface area contributed by atoms with Crippen LogP contribution in [0.25, 0.3) is 6.08 Å². The van der Waals surface area contributed by atoms with Crippen LogP contribution < -0.4 is 14.2 Å². The molecular weight excluding hydrogens is 308 g/mol. The summed E-state index contributed by atoms with van der Waals surface area (Å²) < 4.78 is 15.5. The van der Waals surface area contributed by atoms with Gasteiger partial charge in [-0.2, -0.15) is 0 Å². The van der Waals surface area contributed by atoms with E-state index in [1.807, 2.05) is 0 Å². The van der Waals surface area contributed by atoms with E-state index in [1.54, 1.807) is 55.7 Å². The van der Waals surface area contributed by atoms with E-state index in [0.717, 1.165) is 0 Å². The lowest BCUT2D eigenvalue weighted by Gasteiger charge is -2.08. The van der Waals surface area contributed by atoms with E-state index in [4.69, 9.17) is 14.2 Å². The van der Waals surface area contributed by atoms with Gasteiger partial charge in [-0.3, -0.25) is 9.59 Å². The van der Waals surface area contributed by atoms with Gasteiger partial charge in [0.05, 0.1) is 19.8 Å². The van der Waals surface area contributed by atoms with E-state index >= 15 is 0 Å². The number of methoxy groups -OCH3 is 2. The third-order valence-corrected chi connectivity index (χ3v) is 3.26. The first kappa shape index (κ1) is 17.3. The SMILES string of the molecule is COc1ccc(C(=O)C=Cc2ccccc2OC(C)=O)c(OC)c1. The molecule has 0 aliphatic carbocycles. The van der Waals surface area contributed by atoms with E-state index in [0.29, 0.717) is 28.4 Å². The maximum Gasteiger partial charge on any atom is 0.308 e. The average molecular weight is 326 g/mol. The second-order valence-electron chi connectivity index (χ2n) is 4.90. The normalized spacial score (nSPS) is 10.5. The quantitative estimate of drug-likeness (QED) is 0.352. The van der Waals surface area contributed by atoms with Gasteiger partial charge in [-0.1, -0.05) is 18.2 Å². The van der Waals surface area contributed by atoms with E-state index < -0.39 is 5.97 Å². The molecule has 124 valence electrons. The van der Waals surface area contributed by atoms with Crippen LogP contribution >= 0.6 is 0 Å². The summed E-state index contributed by atoms with van der Waals surface area (Å²) in [5.74, 6) is 0.784. The van der Waals surface area contributed by atoms with Gasteiger partial charge in [0.15, 0.2) is 5.78 Å². The van der Waals surface area contributed by atoms with E-state index in [1.165, 1.54) is 20.1 Å². The second kappa shape index (κ2) is 7.97. The molecule has 2 aromatic rings. The van der Waals surface area contributed by atoms with E-state index in [-0.39, 0.29) is 5.78 Å². The van der Waals surface area contributed by atoms with Crippen LogP contribution in [-0.2, 0) is 4.79 Å². The number of ether oxygens (including phenoxy) is 3. The predicted octanol–water partition coefficient (Wildman–Crippen LogP) is 3.53. The van der Waals surface area contributed by atoms with Crippen LogP contribution in [0.1, 0.15) is 22.8 Å². The van der Waals surface area contributed by atoms with E-state index in [2.05, 4.69) is 0 Å². The Hall–Kier alpha value is -3.08. The number of hydrogen-bond donors (Lipinski definition) is 0. The Morgan fingerprint density at radius 3 is 2.38 bits per heavy atom. The van der Waals surface area contributed by atoms with Crippen LogP contribution in [0.15, 0.2) is 48.5 Å². The maximum atomic E-state index is 12.4. The van der Waals surface area contributed by atoms with Gasteiger partial charge in [-0.05, 0) is 30.4 Å². The summed E-state index contributed by atoms with van der Waals surface area (Å²) in [5, 5.41) is 0. The molecule has 2 rings (SSSR count). The highest BCUT2D eigenvalue weighted by molar-refractivity contribution is 6.08. The number of ketones is 1. The largest absolute Gasteiger partial charge is 0.497 e. The lowest BCUT2D eigenvalue weighted by molar-refractivity contribution is -0.131. The van der Waals surface area contributed by atoms with Crippen molar-refractivity contribution in [3.05, 3.63) is 59.7 Å². The van der Waals surface area contributed by atoms with Crippen molar-refractivity contribution in [2.75, 3.05) is 14.2 Å². The van der Waals surface area contributed by atoms with Crippen molar-refractivity contribution in [1.82, 2.24) is 0 Å². The first-order valence-electron chi connectivity index (χ1n) is 7.27. The molecule has 0 amide bonds. The first-order valence-corrected chi connectivity index (χ1v) is 7.27. The van der Waals surface area contributed by atoms with Crippen LogP contribution in [0.2, 0.25) is 0 Å². The zero-order valence-electron chi connectivity index (χ0n) is 13.7. The van der Waals surface area contributed by atoms with Crippen molar-refractivity contribution in [2.45, 2.75) is 6.92 Å². The number of para-hydroxylation sites is 1. The fraction of sp³-hybridized carbons (Fsp3) is 0.158. The summed E-state index contributed by atoms with van der Waals surface area (Å²) >= 11 is 0. The van der Waals surface area contributed by atoms with Gasteiger partial charge < -0.3 is 14.2 Å². The topological polar surface area (TPSA) is 61.8 Å². The molecule has 0 saturated carbocycles. The number of allylic oxidation sites excluding steroid dienone is 1. The first-order chi connectivity index (χ1) is 11.5. The average Bonchev–Trinajstić information content (AvgIpc) is 2.59. The fourth-order valence-corrected chi connectivity index (χ4v) is 2.12. The van der Waals surface area contributed by atoms with Crippen molar-refractivity contribution in [1.29, 1.82) is 0 Å². The van der Waals surface area contributed by atoms with Crippen molar-refractivity contribution < 1.29 is 23.8 Å². The highest BCUT2D eigenvalue weighted by Crippen LogP contribution is 2.26. The molecule has 24 heavy (non-hydrogen) atoms. The zero-order valence-corrected chi connectivity index (χ0v) is 13.7. The highest BCUT2D eigenvalue weighted by atomic mass is 16.5. The molecule has 0 atom stereocenters.